The molecule has 96 valence electrons. The van der Waals surface area contributed by atoms with Gasteiger partial charge in [-0.25, -0.2) is 0 Å². The average molecular weight is 268 g/mol. The van der Waals surface area contributed by atoms with Gasteiger partial charge in [0, 0.05) is 19.8 Å². The number of halogens is 1. The molecule has 0 aliphatic carbocycles. The van der Waals surface area contributed by atoms with E-state index in [9.17, 15) is 0 Å². The lowest BCUT2D eigenvalue weighted by Crippen LogP contribution is -2.07. The Bertz CT molecular complexity index is 525. The molecule has 0 saturated heterocycles. The summed E-state index contributed by atoms with van der Waals surface area (Å²) >= 11 is 5.84. The third-order valence-corrected chi connectivity index (χ3v) is 2.27. The quantitative estimate of drug-likeness (QED) is 0.860. The normalized spacial score (nSPS) is 10.4. The van der Waals surface area contributed by atoms with Crippen LogP contribution in [0.2, 0.25) is 5.28 Å². The van der Waals surface area contributed by atoms with Crippen molar-refractivity contribution in [3.63, 3.8) is 0 Å². The molecule has 18 heavy (non-hydrogen) atoms. The van der Waals surface area contributed by atoms with Crippen molar-refractivity contribution in [1.82, 2.24) is 24.7 Å². The molecule has 0 fully saturated rings. The van der Waals surface area contributed by atoms with E-state index in [-0.39, 0.29) is 5.28 Å². The molecule has 0 aliphatic heterocycles. The molecule has 2 heterocycles. The summed E-state index contributed by atoms with van der Waals surface area (Å²) in [5, 5.41) is 10.3. The van der Waals surface area contributed by atoms with Crippen molar-refractivity contribution in [2.45, 2.75) is 13.3 Å². The molecule has 0 amide bonds. The second-order valence-corrected chi connectivity index (χ2v) is 4.04. The highest BCUT2D eigenvalue weighted by atomic mass is 35.5. The highest BCUT2D eigenvalue weighted by molar-refractivity contribution is 6.28. The van der Waals surface area contributed by atoms with Crippen LogP contribution in [0.5, 0.6) is 0 Å². The van der Waals surface area contributed by atoms with Gasteiger partial charge in [0.2, 0.25) is 17.2 Å². The number of aromatic nitrogens is 5. The number of aryl methyl sites for hydroxylation is 1. The highest BCUT2D eigenvalue weighted by Gasteiger charge is 2.05. The Morgan fingerprint density at radius 3 is 2.72 bits per heavy atom. The summed E-state index contributed by atoms with van der Waals surface area (Å²) in [5.74, 6) is 0.852. The van der Waals surface area contributed by atoms with Gasteiger partial charge in [0.25, 0.3) is 0 Å². The topological polar surface area (TPSA) is 80.5 Å². The molecule has 0 atom stereocenters. The van der Waals surface area contributed by atoms with E-state index in [4.69, 9.17) is 11.6 Å². The average Bonchev–Trinajstić information content (AvgIpc) is 2.71. The van der Waals surface area contributed by atoms with Crippen LogP contribution in [0.25, 0.3) is 0 Å². The molecule has 7 nitrogen and oxygen atoms in total. The van der Waals surface area contributed by atoms with Gasteiger partial charge in [-0.2, -0.15) is 20.1 Å². The second kappa shape index (κ2) is 5.63. The lowest BCUT2D eigenvalue weighted by atomic mass is 10.5. The fourth-order valence-electron chi connectivity index (χ4n) is 1.34. The van der Waals surface area contributed by atoms with Gasteiger partial charge < -0.3 is 10.6 Å². The molecule has 0 spiro atoms. The van der Waals surface area contributed by atoms with Crippen LogP contribution in [0.15, 0.2) is 12.4 Å². The summed E-state index contributed by atoms with van der Waals surface area (Å²) in [6.07, 6.45) is 4.47. The maximum Gasteiger partial charge on any atom is 0.233 e. The minimum absolute atomic E-state index is 0.148. The van der Waals surface area contributed by atoms with Crippen LogP contribution in [0.1, 0.15) is 13.3 Å². The van der Waals surface area contributed by atoms with Crippen LogP contribution < -0.4 is 10.6 Å². The van der Waals surface area contributed by atoms with Crippen LogP contribution in [0.3, 0.4) is 0 Å². The Hall–Kier alpha value is -1.89. The van der Waals surface area contributed by atoms with Gasteiger partial charge in [-0.1, -0.05) is 6.92 Å². The number of rotatable bonds is 5. The van der Waals surface area contributed by atoms with Gasteiger partial charge in [-0.05, 0) is 18.0 Å². The minimum atomic E-state index is 0.148. The Kier molecular flexibility index (Phi) is 3.93. The van der Waals surface area contributed by atoms with Gasteiger partial charge >= 0.3 is 0 Å². The van der Waals surface area contributed by atoms with Gasteiger partial charge in [0.15, 0.2) is 0 Å². The first kappa shape index (κ1) is 12.6. The van der Waals surface area contributed by atoms with Crippen molar-refractivity contribution < 1.29 is 0 Å². The number of nitrogens with zero attached hydrogens (tertiary/aromatic N) is 5. The summed E-state index contributed by atoms with van der Waals surface area (Å²) in [6.45, 7) is 2.84. The van der Waals surface area contributed by atoms with Crippen molar-refractivity contribution in [2.24, 2.45) is 7.05 Å². The van der Waals surface area contributed by atoms with E-state index in [1.807, 2.05) is 13.2 Å². The fraction of sp³-hybridized carbons (Fsp3) is 0.400. The van der Waals surface area contributed by atoms with Gasteiger partial charge in [-0.15, -0.1) is 0 Å². The van der Waals surface area contributed by atoms with Crippen LogP contribution in [-0.4, -0.2) is 31.3 Å². The molecular weight excluding hydrogens is 254 g/mol. The van der Waals surface area contributed by atoms with Crippen LogP contribution in [0.4, 0.5) is 17.6 Å². The lowest BCUT2D eigenvalue weighted by Gasteiger charge is -2.06. The number of anilines is 3. The van der Waals surface area contributed by atoms with Crippen molar-refractivity contribution in [1.29, 1.82) is 0 Å². The number of hydrogen-bond donors (Lipinski definition) is 2. The minimum Gasteiger partial charge on any atom is -0.354 e. The predicted octanol–water partition coefficient (Wildman–Crippen LogP) is 1.82. The number of hydrogen-bond acceptors (Lipinski definition) is 6. The van der Waals surface area contributed by atoms with Crippen molar-refractivity contribution >= 4 is 29.2 Å². The SMILES string of the molecule is CCCNc1nc(Cl)nc(Nc2cnn(C)c2)n1. The summed E-state index contributed by atoms with van der Waals surface area (Å²) in [7, 11) is 1.83. The highest BCUT2D eigenvalue weighted by Crippen LogP contribution is 2.14. The Morgan fingerprint density at radius 1 is 1.28 bits per heavy atom. The summed E-state index contributed by atoms with van der Waals surface area (Å²) in [4.78, 5) is 12.2. The van der Waals surface area contributed by atoms with Gasteiger partial charge in [-0.3, -0.25) is 4.68 Å². The molecule has 2 rings (SSSR count). The van der Waals surface area contributed by atoms with E-state index in [2.05, 4.69) is 37.6 Å². The molecule has 0 unspecified atom stereocenters. The van der Waals surface area contributed by atoms with Crippen molar-refractivity contribution in [2.75, 3.05) is 17.2 Å². The second-order valence-electron chi connectivity index (χ2n) is 3.71. The maximum atomic E-state index is 5.84. The molecule has 0 bridgehead atoms. The molecule has 0 aromatic carbocycles. The zero-order valence-corrected chi connectivity index (χ0v) is 10.9. The van der Waals surface area contributed by atoms with Gasteiger partial charge in [0.05, 0.1) is 11.9 Å². The van der Waals surface area contributed by atoms with E-state index in [1.165, 1.54) is 0 Å². The molecule has 2 aromatic heterocycles. The van der Waals surface area contributed by atoms with E-state index in [0.717, 1.165) is 18.7 Å². The standard InChI is InChI=1S/C10H14ClN7/c1-3-4-12-9-15-8(11)16-10(17-9)14-7-5-13-18(2)6-7/h5-6H,3-4H2,1-2H3,(H2,12,14,15,16,17). The van der Waals surface area contributed by atoms with Crippen LogP contribution in [-0.2, 0) is 7.05 Å². The molecular formula is C10H14ClN7. The van der Waals surface area contributed by atoms with Crippen LogP contribution >= 0.6 is 11.6 Å². The number of nitrogens with one attached hydrogen (secondary N) is 2. The zero-order chi connectivity index (χ0) is 13.0. The van der Waals surface area contributed by atoms with Crippen molar-refractivity contribution in [3.8, 4) is 0 Å². The molecule has 2 N–H and O–H groups in total. The predicted molar refractivity (Wildman–Crippen MR) is 70.1 cm³/mol. The third kappa shape index (κ3) is 3.30. The van der Waals surface area contributed by atoms with Crippen LogP contribution in [0, 0.1) is 0 Å². The Morgan fingerprint density at radius 2 is 2.06 bits per heavy atom. The summed E-state index contributed by atoms with van der Waals surface area (Å²) in [5.41, 5.74) is 0.793. The summed E-state index contributed by atoms with van der Waals surface area (Å²) < 4.78 is 1.68. The van der Waals surface area contributed by atoms with E-state index >= 15 is 0 Å². The summed E-state index contributed by atoms with van der Waals surface area (Å²) in [6, 6.07) is 0. The monoisotopic (exact) mass is 267 g/mol. The van der Waals surface area contributed by atoms with E-state index in [1.54, 1.807) is 10.9 Å². The Labute approximate surface area is 110 Å². The van der Waals surface area contributed by atoms with E-state index in [0.29, 0.717) is 11.9 Å². The van der Waals surface area contributed by atoms with Crippen molar-refractivity contribution in [3.05, 3.63) is 17.7 Å². The first-order chi connectivity index (χ1) is 8.67. The van der Waals surface area contributed by atoms with Gasteiger partial charge in [0.1, 0.15) is 0 Å². The smallest absolute Gasteiger partial charge is 0.233 e. The fourth-order valence-corrected chi connectivity index (χ4v) is 1.50. The van der Waals surface area contributed by atoms with E-state index < -0.39 is 0 Å². The lowest BCUT2D eigenvalue weighted by molar-refractivity contribution is 0.768. The molecule has 0 aliphatic rings. The Balaban J connectivity index is 2.14. The first-order valence-electron chi connectivity index (χ1n) is 5.58. The largest absolute Gasteiger partial charge is 0.354 e. The first-order valence-corrected chi connectivity index (χ1v) is 5.96. The molecule has 8 heteroatoms. The molecule has 0 radical (unpaired) electrons. The molecule has 0 saturated carbocycles. The zero-order valence-electron chi connectivity index (χ0n) is 10.2. The maximum absolute atomic E-state index is 5.84. The third-order valence-electron chi connectivity index (χ3n) is 2.10. The molecule has 2 aromatic rings.